The van der Waals surface area contributed by atoms with Crippen molar-refractivity contribution >= 4 is 5.69 Å². The summed E-state index contributed by atoms with van der Waals surface area (Å²) < 4.78 is 43.4. The van der Waals surface area contributed by atoms with Crippen molar-refractivity contribution in [1.82, 2.24) is 0 Å². The number of aliphatic hydroxyl groups is 1. The van der Waals surface area contributed by atoms with Crippen LogP contribution in [0.1, 0.15) is 24.5 Å². The Morgan fingerprint density at radius 2 is 2.15 bits per heavy atom. The van der Waals surface area contributed by atoms with Crippen LogP contribution in [0.4, 0.5) is 18.9 Å². The summed E-state index contributed by atoms with van der Waals surface area (Å²) in [5, 5.41) is 9.37. The van der Waals surface area contributed by atoms with Crippen LogP contribution >= 0.6 is 0 Å². The Kier molecular flexibility index (Phi) is 4.55. The van der Waals surface area contributed by atoms with E-state index in [0.717, 1.165) is 18.6 Å². The molecule has 1 atom stereocenters. The van der Waals surface area contributed by atoms with Crippen LogP contribution in [0.25, 0.3) is 0 Å². The number of rotatable bonds is 4. The van der Waals surface area contributed by atoms with Crippen LogP contribution in [0, 0.1) is 0 Å². The molecule has 1 aliphatic heterocycles. The maximum absolute atomic E-state index is 12.7. The second kappa shape index (κ2) is 6.01. The molecule has 6 heteroatoms. The van der Waals surface area contributed by atoms with Crippen molar-refractivity contribution in [3.63, 3.8) is 0 Å². The summed E-state index contributed by atoms with van der Waals surface area (Å²) in [6.45, 7) is 3.42. The molecule has 2 rings (SSSR count). The van der Waals surface area contributed by atoms with Gasteiger partial charge >= 0.3 is 6.18 Å². The molecule has 1 N–H and O–H groups in total. The lowest BCUT2D eigenvalue weighted by Gasteiger charge is -2.31. The van der Waals surface area contributed by atoms with Gasteiger partial charge in [0.25, 0.3) is 0 Å². The van der Waals surface area contributed by atoms with Crippen molar-refractivity contribution in [2.24, 2.45) is 0 Å². The summed E-state index contributed by atoms with van der Waals surface area (Å²) >= 11 is 0. The Balaban J connectivity index is 2.34. The molecule has 1 aliphatic rings. The second-order valence-electron chi connectivity index (χ2n) is 4.80. The molecular formula is C14H18F3NO2. The Bertz CT molecular complexity index is 456. The number of hydrogen-bond donors (Lipinski definition) is 1. The summed E-state index contributed by atoms with van der Waals surface area (Å²) in [5.41, 5.74) is 0.219. The van der Waals surface area contributed by atoms with Gasteiger partial charge in [0.05, 0.1) is 24.8 Å². The van der Waals surface area contributed by atoms with Crippen molar-refractivity contribution in [2.45, 2.75) is 32.2 Å². The number of hydrogen-bond acceptors (Lipinski definition) is 3. The fourth-order valence-electron chi connectivity index (χ4n) is 2.56. The van der Waals surface area contributed by atoms with E-state index in [2.05, 4.69) is 0 Å². The van der Waals surface area contributed by atoms with Gasteiger partial charge in [0.15, 0.2) is 0 Å². The molecule has 3 nitrogen and oxygen atoms in total. The first-order chi connectivity index (χ1) is 9.47. The van der Waals surface area contributed by atoms with E-state index in [1.807, 2.05) is 11.8 Å². The van der Waals surface area contributed by atoms with Gasteiger partial charge in [0, 0.05) is 24.4 Å². The fraction of sp³-hybridized carbons (Fsp3) is 0.571. The van der Waals surface area contributed by atoms with E-state index in [4.69, 9.17) is 4.74 Å². The number of benzene rings is 1. The van der Waals surface area contributed by atoms with Crippen LogP contribution in [-0.2, 0) is 17.5 Å². The van der Waals surface area contributed by atoms with Crippen LogP contribution in [0.2, 0.25) is 0 Å². The summed E-state index contributed by atoms with van der Waals surface area (Å²) in [6.07, 6.45) is -3.55. The molecule has 1 fully saturated rings. The first kappa shape index (κ1) is 15.1. The molecule has 1 heterocycles. The minimum absolute atomic E-state index is 0.155. The molecule has 1 aromatic rings. The van der Waals surface area contributed by atoms with E-state index in [9.17, 15) is 18.3 Å². The minimum Gasteiger partial charge on any atom is -0.392 e. The first-order valence-corrected chi connectivity index (χ1v) is 6.62. The summed E-state index contributed by atoms with van der Waals surface area (Å²) in [5.74, 6) is 0. The van der Waals surface area contributed by atoms with Crippen LogP contribution in [0.15, 0.2) is 18.2 Å². The zero-order valence-corrected chi connectivity index (χ0v) is 11.3. The maximum atomic E-state index is 12.7. The van der Waals surface area contributed by atoms with Gasteiger partial charge in [0.1, 0.15) is 0 Å². The lowest BCUT2D eigenvalue weighted by molar-refractivity contribution is -0.137. The third kappa shape index (κ3) is 3.07. The predicted octanol–water partition coefficient (Wildman–Crippen LogP) is 2.81. The van der Waals surface area contributed by atoms with Gasteiger partial charge in [-0.15, -0.1) is 0 Å². The van der Waals surface area contributed by atoms with Crippen LogP contribution in [0.5, 0.6) is 0 Å². The number of ether oxygens (including phenoxy) is 1. The molecule has 1 saturated heterocycles. The van der Waals surface area contributed by atoms with E-state index >= 15 is 0 Å². The summed E-state index contributed by atoms with van der Waals surface area (Å²) in [4.78, 5) is 2.00. The zero-order valence-electron chi connectivity index (χ0n) is 11.3. The molecule has 1 unspecified atom stereocenters. The van der Waals surface area contributed by atoms with Gasteiger partial charge in [-0.25, -0.2) is 0 Å². The molecule has 0 aliphatic carbocycles. The highest BCUT2D eigenvalue weighted by atomic mass is 19.4. The van der Waals surface area contributed by atoms with Gasteiger partial charge in [-0.05, 0) is 31.5 Å². The third-order valence-electron chi connectivity index (χ3n) is 3.57. The number of nitrogens with zero attached hydrogens (tertiary/aromatic N) is 1. The van der Waals surface area contributed by atoms with E-state index in [0.29, 0.717) is 31.0 Å². The van der Waals surface area contributed by atoms with E-state index in [1.165, 1.54) is 6.07 Å². The smallest absolute Gasteiger partial charge is 0.392 e. The Morgan fingerprint density at radius 1 is 1.40 bits per heavy atom. The van der Waals surface area contributed by atoms with Crippen molar-refractivity contribution in [3.8, 4) is 0 Å². The van der Waals surface area contributed by atoms with Gasteiger partial charge in [-0.1, -0.05) is 0 Å². The Hall–Kier alpha value is -1.27. The molecule has 0 saturated carbocycles. The highest BCUT2D eigenvalue weighted by Crippen LogP contribution is 2.34. The minimum atomic E-state index is -4.39. The van der Waals surface area contributed by atoms with E-state index in [1.54, 1.807) is 0 Å². The largest absolute Gasteiger partial charge is 0.416 e. The summed E-state index contributed by atoms with van der Waals surface area (Å²) in [6, 6.07) is 3.68. The SMILES string of the molecule is CCN(c1ccc(C(F)(F)F)cc1CO)C1CCOC1. The predicted molar refractivity (Wildman–Crippen MR) is 69.6 cm³/mol. The molecule has 112 valence electrons. The van der Waals surface area contributed by atoms with Crippen molar-refractivity contribution in [2.75, 3.05) is 24.7 Å². The number of aliphatic hydroxyl groups excluding tert-OH is 1. The highest BCUT2D eigenvalue weighted by Gasteiger charge is 2.32. The standard InChI is InChI=1S/C14H18F3NO2/c1-2-18(12-5-6-20-9-12)13-4-3-11(14(15,16)17)7-10(13)8-19/h3-4,7,12,19H,2,5-6,8-9H2,1H3. The zero-order chi connectivity index (χ0) is 14.8. The quantitative estimate of drug-likeness (QED) is 0.925. The van der Waals surface area contributed by atoms with Gasteiger partial charge in [-0.3, -0.25) is 0 Å². The fourth-order valence-corrected chi connectivity index (χ4v) is 2.56. The average molecular weight is 289 g/mol. The molecule has 0 aromatic heterocycles. The van der Waals surface area contributed by atoms with Crippen molar-refractivity contribution in [3.05, 3.63) is 29.3 Å². The molecule has 20 heavy (non-hydrogen) atoms. The van der Waals surface area contributed by atoms with Gasteiger partial charge in [-0.2, -0.15) is 13.2 Å². The van der Waals surface area contributed by atoms with Crippen LogP contribution in [-0.4, -0.2) is 30.9 Å². The Morgan fingerprint density at radius 3 is 2.65 bits per heavy atom. The lowest BCUT2D eigenvalue weighted by Crippen LogP contribution is -2.36. The topological polar surface area (TPSA) is 32.7 Å². The highest BCUT2D eigenvalue weighted by molar-refractivity contribution is 5.56. The van der Waals surface area contributed by atoms with Crippen LogP contribution < -0.4 is 4.90 Å². The average Bonchev–Trinajstić information content (AvgIpc) is 2.92. The third-order valence-corrected chi connectivity index (χ3v) is 3.57. The number of halogens is 3. The van der Waals surface area contributed by atoms with Crippen molar-refractivity contribution in [1.29, 1.82) is 0 Å². The van der Waals surface area contributed by atoms with Crippen molar-refractivity contribution < 1.29 is 23.0 Å². The maximum Gasteiger partial charge on any atom is 0.416 e. The van der Waals surface area contributed by atoms with Gasteiger partial charge in [0.2, 0.25) is 0 Å². The number of likely N-dealkylation sites (N-methyl/N-ethyl adjacent to an activating group) is 1. The summed E-state index contributed by atoms with van der Waals surface area (Å²) in [7, 11) is 0. The first-order valence-electron chi connectivity index (χ1n) is 6.62. The lowest BCUT2D eigenvalue weighted by atomic mass is 10.1. The molecule has 0 spiro atoms. The molecule has 0 amide bonds. The molecule has 0 radical (unpaired) electrons. The monoisotopic (exact) mass is 289 g/mol. The van der Waals surface area contributed by atoms with Gasteiger partial charge < -0.3 is 14.7 Å². The molecule has 0 bridgehead atoms. The molecular weight excluding hydrogens is 271 g/mol. The number of anilines is 1. The van der Waals surface area contributed by atoms with E-state index < -0.39 is 18.3 Å². The molecule has 1 aromatic carbocycles. The second-order valence-corrected chi connectivity index (χ2v) is 4.80. The normalized spacial score (nSPS) is 19.4. The Labute approximate surface area is 116 Å². The van der Waals surface area contributed by atoms with Crippen LogP contribution in [0.3, 0.4) is 0 Å². The van der Waals surface area contributed by atoms with E-state index in [-0.39, 0.29) is 6.04 Å². The number of alkyl halides is 3.